The average molecular weight is 276 g/mol. The monoisotopic (exact) mass is 276 g/mol. The summed E-state index contributed by atoms with van der Waals surface area (Å²) < 4.78 is 24.7. The van der Waals surface area contributed by atoms with Gasteiger partial charge >= 0.3 is 0 Å². The summed E-state index contributed by atoms with van der Waals surface area (Å²) in [6.07, 6.45) is 0. The summed E-state index contributed by atoms with van der Waals surface area (Å²) in [5.41, 5.74) is 8.25. The van der Waals surface area contributed by atoms with E-state index in [1.165, 1.54) is 6.07 Å². The third-order valence-electron chi connectivity index (χ3n) is 2.90. The summed E-state index contributed by atoms with van der Waals surface area (Å²) in [7, 11) is -3.47. The second-order valence-corrected chi connectivity index (χ2v) is 6.47. The van der Waals surface area contributed by atoms with Crippen molar-refractivity contribution < 1.29 is 8.42 Å². The average Bonchev–Trinajstić information content (AvgIpc) is 2.32. The van der Waals surface area contributed by atoms with Crippen LogP contribution < -0.4 is 5.73 Å². The van der Waals surface area contributed by atoms with Gasteiger partial charge in [-0.15, -0.1) is 0 Å². The molecule has 2 rings (SSSR count). The topological polar surface area (TPSA) is 73.0 Å². The quantitative estimate of drug-likeness (QED) is 0.873. The molecule has 4 nitrogen and oxygen atoms in total. The van der Waals surface area contributed by atoms with Crippen LogP contribution in [0.2, 0.25) is 0 Å². The number of pyridine rings is 1. The first kappa shape index (κ1) is 13.5. The van der Waals surface area contributed by atoms with E-state index in [1.54, 1.807) is 31.2 Å². The molecule has 0 atom stereocenters. The van der Waals surface area contributed by atoms with Crippen LogP contribution in [0.25, 0.3) is 0 Å². The Labute approximate surface area is 113 Å². The van der Waals surface area contributed by atoms with E-state index < -0.39 is 9.84 Å². The molecule has 0 amide bonds. The number of benzene rings is 1. The summed E-state index contributed by atoms with van der Waals surface area (Å²) in [4.78, 5) is 4.39. The van der Waals surface area contributed by atoms with Gasteiger partial charge in [-0.25, -0.2) is 8.42 Å². The molecule has 19 heavy (non-hydrogen) atoms. The molecule has 1 aromatic heterocycles. The Hall–Kier alpha value is -1.88. The SMILES string of the molecule is Cc1cccc(CS(=O)(=O)c2cccc(C)c2N)n1. The molecule has 0 saturated heterocycles. The second-order valence-electron chi connectivity index (χ2n) is 4.52. The number of para-hydroxylation sites is 1. The van der Waals surface area contributed by atoms with E-state index in [9.17, 15) is 8.42 Å². The fourth-order valence-electron chi connectivity index (χ4n) is 1.88. The summed E-state index contributed by atoms with van der Waals surface area (Å²) in [6.45, 7) is 3.62. The lowest BCUT2D eigenvalue weighted by Crippen LogP contribution is -2.10. The van der Waals surface area contributed by atoms with Crippen molar-refractivity contribution in [3.63, 3.8) is 0 Å². The molecule has 0 aliphatic rings. The summed E-state index contributed by atoms with van der Waals surface area (Å²) in [5.74, 6) is -0.137. The molecule has 2 aromatic rings. The van der Waals surface area contributed by atoms with Gasteiger partial charge in [-0.2, -0.15) is 0 Å². The maximum absolute atomic E-state index is 12.4. The van der Waals surface area contributed by atoms with Crippen molar-refractivity contribution in [2.24, 2.45) is 0 Å². The molecule has 0 radical (unpaired) electrons. The fourth-order valence-corrected chi connectivity index (χ4v) is 3.36. The minimum atomic E-state index is -3.47. The van der Waals surface area contributed by atoms with E-state index in [1.807, 2.05) is 13.0 Å². The highest BCUT2D eigenvalue weighted by molar-refractivity contribution is 7.90. The largest absolute Gasteiger partial charge is 0.397 e. The maximum Gasteiger partial charge on any atom is 0.186 e. The number of aryl methyl sites for hydroxylation is 2. The van der Waals surface area contributed by atoms with Crippen LogP contribution in [0.15, 0.2) is 41.3 Å². The molecule has 0 spiro atoms. The normalized spacial score (nSPS) is 11.5. The molecule has 1 aromatic carbocycles. The first-order valence-electron chi connectivity index (χ1n) is 5.90. The van der Waals surface area contributed by atoms with Crippen molar-refractivity contribution in [1.82, 2.24) is 4.98 Å². The van der Waals surface area contributed by atoms with Crippen LogP contribution in [0.3, 0.4) is 0 Å². The molecule has 100 valence electrons. The Bertz CT molecular complexity index is 709. The van der Waals surface area contributed by atoms with Gasteiger partial charge in [-0.1, -0.05) is 18.2 Å². The molecule has 2 N–H and O–H groups in total. The van der Waals surface area contributed by atoms with Crippen LogP contribution >= 0.6 is 0 Å². The Morgan fingerprint density at radius 3 is 2.47 bits per heavy atom. The second kappa shape index (κ2) is 5.01. The fraction of sp³-hybridized carbons (Fsp3) is 0.214. The lowest BCUT2D eigenvalue weighted by Gasteiger charge is -2.09. The summed E-state index contributed by atoms with van der Waals surface area (Å²) in [6, 6.07) is 10.4. The highest BCUT2D eigenvalue weighted by Gasteiger charge is 2.19. The predicted molar refractivity (Wildman–Crippen MR) is 75.5 cm³/mol. The third kappa shape index (κ3) is 2.93. The highest BCUT2D eigenvalue weighted by Crippen LogP contribution is 2.24. The van der Waals surface area contributed by atoms with Gasteiger partial charge in [0, 0.05) is 5.69 Å². The third-order valence-corrected chi connectivity index (χ3v) is 4.61. The number of hydrogen-bond acceptors (Lipinski definition) is 4. The molecule has 0 unspecified atom stereocenters. The highest BCUT2D eigenvalue weighted by atomic mass is 32.2. The molecule has 1 heterocycles. The minimum Gasteiger partial charge on any atom is -0.397 e. The van der Waals surface area contributed by atoms with E-state index >= 15 is 0 Å². The lowest BCUT2D eigenvalue weighted by molar-refractivity contribution is 0.595. The van der Waals surface area contributed by atoms with Crippen LogP contribution in [0.4, 0.5) is 5.69 Å². The van der Waals surface area contributed by atoms with Gasteiger partial charge in [0.25, 0.3) is 0 Å². The van der Waals surface area contributed by atoms with Gasteiger partial charge in [-0.05, 0) is 37.6 Å². The van der Waals surface area contributed by atoms with Crippen molar-refractivity contribution in [2.45, 2.75) is 24.5 Å². The van der Waals surface area contributed by atoms with Crippen molar-refractivity contribution in [3.05, 3.63) is 53.3 Å². The van der Waals surface area contributed by atoms with E-state index in [0.717, 1.165) is 11.3 Å². The van der Waals surface area contributed by atoms with E-state index in [2.05, 4.69) is 4.98 Å². The Balaban J connectivity index is 2.41. The number of nitrogens with two attached hydrogens (primary N) is 1. The molecule has 0 saturated carbocycles. The van der Waals surface area contributed by atoms with Crippen molar-refractivity contribution in [3.8, 4) is 0 Å². The summed E-state index contributed by atoms with van der Waals surface area (Å²) in [5, 5.41) is 0. The van der Waals surface area contributed by atoms with Crippen LogP contribution in [-0.2, 0) is 15.6 Å². The maximum atomic E-state index is 12.4. The minimum absolute atomic E-state index is 0.137. The molecular weight excluding hydrogens is 260 g/mol. The predicted octanol–water partition coefficient (Wildman–Crippen LogP) is 2.25. The Morgan fingerprint density at radius 2 is 1.79 bits per heavy atom. The van der Waals surface area contributed by atoms with Crippen molar-refractivity contribution >= 4 is 15.5 Å². The Morgan fingerprint density at radius 1 is 1.11 bits per heavy atom. The van der Waals surface area contributed by atoms with Crippen LogP contribution in [0, 0.1) is 13.8 Å². The van der Waals surface area contributed by atoms with E-state index in [0.29, 0.717) is 11.4 Å². The molecule has 0 bridgehead atoms. The number of anilines is 1. The van der Waals surface area contributed by atoms with Gasteiger partial charge in [0.15, 0.2) is 9.84 Å². The first-order valence-corrected chi connectivity index (χ1v) is 7.56. The van der Waals surface area contributed by atoms with Crippen LogP contribution in [0.1, 0.15) is 17.0 Å². The molecular formula is C14H16N2O2S. The number of sulfone groups is 1. The molecule has 0 aliphatic carbocycles. The zero-order valence-electron chi connectivity index (χ0n) is 10.9. The standard InChI is InChI=1S/C14H16N2O2S/c1-10-5-3-8-13(14(10)15)19(17,18)9-12-7-4-6-11(2)16-12/h3-8H,9,15H2,1-2H3. The van der Waals surface area contributed by atoms with Gasteiger partial charge < -0.3 is 5.73 Å². The lowest BCUT2D eigenvalue weighted by atomic mass is 10.2. The van der Waals surface area contributed by atoms with Crippen molar-refractivity contribution in [2.75, 3.05) is 5.73 Å². The first-order chi connectivity index (χ1) is 8.90. The van der Waals surface area contributed by atoms with Crippen LogP contribution in [-0.4, -0.2) is 13.4 Å². The molecule has 5 heteroatoms. The number of nitrogens with zero attached hydrogens (tertiary/aromatic N) is 1. The zero-order chi connectivity index (χ0) is 14.0. The Kier molecular flexibility index (Phi) is 3.57. The van der Waals surface area contributed by atoms with Crippen LogP contribution in [0.5, 0.6) is 0 Å². The van der Waals surface area contributed by atoms with Gasteiger partial charge in [0.2, 0.25) is 0 Å². The number of hydrogen-bond donors (Lipinski definition) is 1. The number of rotatable bonds is 3. The van der Waals surface area contributed by atoms with Crippen molar-refractivity contribution in [1.29, 1.82) is 0 Å². The van der Waals surface area contributed by atoms with E-state index in [4.69, 9.17) is 5.73 Å². The molecule has 0 aliphatic heterocycles. The smallest absolute Gasteiger partial charge is 0.186 e. The molecule has 0 fully saturated rings. The van der Waals surface area contributed by atoms with Gasteiger partial charge in [-0.3, -0.25) is 4.98 Å². The number of aromatic nitrogens is 1. The zero-order valence-corrected chi connectivity index (χ0v) is 11.7. The van der Waals surface area contributed by atoms with Gasteiger partial charge in [0.1, 0.15) is 0 Å². The van der Waals surface area contributed by atoms with Gasteiger partial charge in [0.05, 0.1) is 22.0 Å². The summed E-state index contributed by atoms with van der Waals surface area (Å²) >= 11 is 0. The van der Waals surface area contributed by atoms with E-state index in [-0.39, 0.29) is 10.6 Å². The number of nitrogen functional groups attached to an aromatic ring is 1.